The Hall–Kier alpha value is -1.97. The molecule has 2 aliphatic heterocycles. The highest BCUT2D eigenvalue weighted by Gasteiger charge is 2.25. The zero-order valence-corrected chi connectivity index (χ0v) is 14.8. The van der Waals surface area contributed by atoms with E-state index >= 15 is 0 Å². The van der Waals surface area contributed by atoms with Gasteiger partial charge in [-0.15, -0.1) is 0 Å². The molecule has 2 heterocycles. The average Bonchev–Trinajstić information content (AvgIpc) is 3.04. The molecule has 8 nitrogen and oxygen atoms in total. The number of hydrogen-bond acceptors (Lipinski definition) is 5. The van der Waals surface area contributed by atoms with E-state index in [9.17, 15) is 18.0 Å². The third-order valence-corrected chi connectivity index (χ3v) is 5.81. The molecule has 0 bridgehead atoms. The first kappa shape index (κ1) is 17.8. The van der Waals surface area contributed by atoms with E-state index < -0.39 is 10.0 Å². The number of carbonyl (C=O) groups excluding carboxylic acids is 2. The highest BCUT2D eigenvalue weighted by atomic mass is 32.2. The van der Waals surface area contributed by atoms with Gasteiger partial charge in [-0.3, -0.25) is 9.59 Å². The van der Waals surface area contributed by atoms with Gasteiger partial charge in [0.25, 0.3) is 0 Å². The Kier molecular flexibility index (Phi) is 5.07. The summed E-state index contributed by atoms with van der Waals surface area (Å²) in [5, 5.41) is 0. The second-order valence-corrected chi connectivity index (χ2v) is 7.80. The van der Waals surface area contributed by atoms with Gasteiger partial charge in [-0.25, -0.2) is 13.1 Å². The normalized spacial score (nSPS) is 17.5. The average molecular weight is 367 g/mol. The molecule has 0 aliphatic carbocycles. The number of carbonyl (C=O) groups is 2. The maximum atomic E-state index is 12.4. The largest absolute Gasteiger partial charge is 0.378 e. The van der Waals surface area contributed by atoms with Crippen LogP contribution in [0.4, 0.5) is 5.69 Å². The summed E-state index contributed by atoms with van der Waals surface area (Å²) in [5.41, 5.74) is 1.56. The van der Waals surface area contributed by atoms with Crippen LogP contribution in [-0.2, 0) is 30.8 Å². The highest BCUT2D eigenvalue weighted by molar-refractivity contribution is 7.89. The number of rotatable bonds is 4. The molecule has 0 unspecified atom stereocenters. The summed E-state index contributed by atoms with van der Waals surface area (Å²) in [5.74, 6) is -0.334. The molecule has 1 aromatic carbocycles. The van der Waals surface area contributed by atoms with Crippen LogP contribution in [0.25, 0.3) is 0 Å². The van der Waals surface area contributed by atoms with Gasteiger partial charge in [0, 0.05) is 32.2 Å². The van der Waals surface area contributed by atoms with Gasteiger partial charge >= 0.3 is 0 Å². The molecule has 1 N–H and O–H groups in total. The first-order chi connectivity index (χ1) is 11.9. The third kappa shape index (κ3) is 3.83. The Morgan fingerprint density at radius 1 is 1.20 bits per heavy atom. The third-order valence-electron chi connectivity index (χ3n) is 4.41. The number of fused-ring (bicyclic) bond motifs is 1. The molecule has 3 rings (SSSR count). The molecule has 2 amide bonds. The highest BCUT2D eigenvalue weighted by Crippen LogP contribution is 2.30. The number of benzene rings is 1. The van der Waals surface area contributed by atoms with Gasteiger partial charge in [-0.2, -0.15) is 0 Å². The van der Waals surface area contributed by atoms with Crippen LogP contribution in [0.3, 0.4) is 0 Å². The maximum absolute atomic E-state index is 12.4. The van der Waals surface area contributed by atoms with E-state index in [1.807, 2.05) is 0 Å². The smallest absolute Gasteiger partial charge is 0.241 e. The molecular weight excluding hydrogens is 346 g/mol. The number of nitrogens with zero attached hydrogens (tertiary/aromatic N) is 2. The van der Waals surface area contributed by atoms with Crippen molar-refractivity contribution in [3.05, 3.63) is 23.8 Å². The molecule has 2 aliphatic rings. The van der Waals surface area contributed by atoms with Crippen molar-refractivity contribution < 1.29 is 22.7 Å². The van der Waals surface area contributed by atoms with E-state index in [4.69, 9.17) is 4.74 Å². The first-order valence-corrected chi connectivity index (χ1v) is 9.63. The predicted octanol–water partition coefficient (Wildman–Crippen LogP) is -0.267. The molecule has 9 heteroatoms. The standard InChI is InChI=1S/C16H21N3O5S/c1-12(20)19-5-4-13-10-14(2-3-15(13)19)25(22,23)17-11-16(21)18-6-8-24-9-7-18/h2-3,10,17H,4-9,11H2,1H3. The van der Waals surface area contributed by atoms with E-state index in [0.717, 1.165) is 11.3 Å². The summed E-state index contributed by atoms with van der Waals surface area (Å²) < 4.78 is 32.4. The monoisotopic (exact) mass is 367 g/mol. The molecule has 1 aromatic rings. The van der Waals surface area contributed by atoms with E-state index in [-0.39, 0.29) is 23.3 Å². The Labute approximate surface area is 146 Å². The summed E-state index contributed by atoms with van der Waals surface area (Å²) in [6.07, 6.45) is 0.616. The molecule has 1 fully saturated rings. The molecule has 0 aromatic heterocycles. The fraction of sp³-hybridized carbons (Fsp3) is 0.500. The van der Waals surface area contributed by atoms with Crippen LogP contribution in [0.15, 0.2) is 23.1 Å². The lowest BCUT2D eigenvalue weighted by atomic mass is 10.2. The van der Waals surface area contributed by atoms with Gasteiger partial charge in [0.1, 0.15) is 0 Å². The van der Waals surface area contributed by atoms with E-state index in [1.165, 1.54) is 13.0 Å². The SMILES string of the molecule is CC(=O)N1CCc2cc(S(=O)(=O)NCC(=O)N3CCOCC3)ccc21. The van der Waals surface area contributed by atoms with E-state index in [0.29, 0.717) is 39.3 Å². The molecule has 0 saturated carbocycles. The van der Waals surface area contributed by atoms with Crippen molar-refractivity contribution in [1.82, 2.24) is 9.62 Å². The quantitative estimate of drug-likeness (QED) is 0.791. The Balaban J connectivity index is 1.68. The van der Waals surface area contributed by atoms with Gasteiger partial charge in [0.05, 0.1) is 24.7 Å². The lowest BCUT2D eigenvalue weighted by Gasteiger charge is -2.26. The van der Waals surface area contributed by atoms with Gasteiger partial charge in [-0.05, 0) is 30.2 Å². The van der Waals surface area contributed by atoms with E-state index in [2.05, 4.69) is 4.72 Å². The van der Waals surface area contributed by atoms with Crippen molar-refractivity contribution in [3.63, 3.8) is 0 Å². The molecule has 0 atom stereocenters. The van der Waals surface area contributed by atoms with Crippen LogP contribution < -0.4 is 9.62 Å². The lowest BCUT2D eigenvalue weighted by molar-refractivity contribution is -0.133. The van der Waals surface area contributed by atoms with Crippen molar-refractivity contribution in [3.8, 4) is 0 Å². The van der Waals surface area contributed by atoms with Crippen LogP contribution >= 0.6 is 0 Å². The van der Waals surface area contributed by atoms with Crippen LogP contribution in [0.1, 0.15) is 12.5 Å². The summed E-state index contributed by atoms with van der Waals surface area (Å²) in [6, 6.07) is 4.67. The minimum Gasteiger partial charge on any atom is -0.378 e. The number of morpholine rings is 1. The lowest BCUT2D eigenvalue weighted by Crippen LogP contribution is -2.45. The molecular formula is C16H21N3O5S. The van der Waals surface area contributed by atoms with E-state index in [1.54, 1.807) is 21.9 Å². The Morgan fingerprint density at radius 2 is 1.92 bits per heavy atom. The minimum atomic E-state index is -3.79. The van der Waals surface area contributed by atoms with Crippen molar-refractivity contribution in [1.29, 1.82) is 0 Å². The van der Waals surface area contributed by atoms with Gasteiger partial charge < -0.3 is 14.5 Å². The molecule has 0 spiro atoms. The zero-order chi connectivity index (χ0) is 18.0. The second kappa shape index (κ2) is 7.11. The molecule has 25 heavy (non-hydrogen) atoms. The maximum Gasteiger partial charge on any atom is 0.241 e. The summed E-state index contributed by atoms with van der Waals surface area (Å²) in [4.78, 5) is 27.0. The summed E-state index contributed by atoms with van der Waals surface area (Å²) in [7, 11) is -3.79. The number of nitrogens with one attached hydrogen (secondary N) is 1. The van der Waals surface area contributed by atoms with Crippen molar-refractivity contribution >= 4 is 27.5 Å². The van der Waals surface area contributed by atoms with Crippen molar-refractivity contribution in [2.45, 2.75) is 18.2 Å². The van der Waals surface area contributed by atoms with Crippen LogP contribution in [0.5, 0.6) is 0 Å². The zero-order valence-electron chi connectivity index (χ0n) is 14.0. The summed E-state index contributed by atoms with van der Waals surface area (Å²) in [6.45, 7) is 3.64. The van der Waals surface area contributed by atoms with Gasteiger partial charge in [0.15, 0.2) is 0 Å². The van der Waals surface area contributed by atoms with Crippen LogP contribution in [-0.4, -0.2) is 64.5 Å². The first-order valence-electron chi connectivity index (χ1n) is 8.15. The minimum absolute atomic E-state index is 0.0661. The Bertz CT molecular complexity index is 787. The number of hydrogen-bond donors (Lipinski definition) is 1. The van der Waals surface area contributed by atoms with Gasteiger partial charge in [0.2, 0.25) is 21.8 Å². The fourth-order valence-electron chi connectivity index (χ4n) is 3.04. The Morgan fingerprint density at radius 3 is 2.60 bits per heavy atom. The van der Waals surface area contributed by atoms with Gasteiger partial charge in [-0.1, -0.05) is 0 Å². The number of anilines is 1. The van der Waals surface area contributed by atoms with Crippen LogP contribution in [0, 0.1) is 0 Å². The molecule has 1 saturated heterocycles. The van der Waals surface area contributed by atoms with Crippen molar-refractivity contribution in [2.24, 2.45) is 0 Å². The second-order valence-electron chi connectivity index (χ2n) is 6.03. The molecule has 136 valence electrons. The summed E-state index contributed by atoms with van der Waals surface area (Å²) >= 11 is 0. The number of sulfonamides is 1. The molecule has 0 radical (unpaired) electrons. The van der Waals surface area contributed by atoms with Crippen LogP contribution in [0.2, 0.25) is 0 Å². The van der Waals surface area contributed by atoms with Crippen molar-refractivity contribution in [2.75, 3.05) is 44.3 Å². The number of ether oxygens (including phenoxy) is 1. The fourth-order valence-corrected chi connectivity index (χ4v) is 4.06. The predicted molar refractivity (Wildman–Crippen MR) is 90.8 cm³/mol. The number of amides is 2. The topological polar surface area (TPSA) is 96.0 Å².